The van der Waals surface area contributed by atoms with Crippen molar-refractivity contribution in [1.82, 2.24) is 0 Å². The topological polar surface area (TPSA) is 78.9 Å². The molecule has 7 heteroatoms. The summed E-state index contributed by atoms with van der Waals surface area (Å²) in [6.07, 6.45) is 4.09. The Hall–Kier alpha value is -3.35. The maximum absolute atomic E-state index is 13.7. The maximum Gasteiger partial charge on any atom is 0.337 e. The molecule has 1 aliphatic heterocycles. The van der Waals surface area contributed by atoms with Crippen molar-refractivity contribution in [2.75, 3.05) is 23.3 Å². The molecule has 2 aliphatic rings. The molecule has 2 aromatic carbocycles. The van der Waals surface area contributed by atoms with Crippen molar-refractivity contribution in [3.63, 3.8) is 0 Å². The second kappa shape index (κ2) is 9.65. The molecule has 0 saturated heterocycles. The fraction of sp³-hybridized carbons (Fsp3) is 0.385. The number of carbonyl (C=O) groups is 2. The number of nitrogens with one attached hydrogen (secondary N) is 1. The van der Waals surface area contributed by atoms with E-state index < -0.39 is 12.1 Å². The summed E-state index contributed by atoms with van der Waals surface area (Å²) in [6, 6.07) is 10.6. The van der Waals surface area contributed by atoms with E-state index in [1.54, 1.807) is 23.1 Å². The molecule has 1 saturated carbocycles. The Morgan fingerprint density at radius 1 is 1.21 bits per heavy atom. The van der Waals surface area contributed by atoms with Gasteiger partial charge in [-0.1, -0.05) is 31.0 Å². The molecular weight excluding hydrogens is 423 g/mol. The number of aromatic carboxylic acids is 1. The number of halogens is 1. The number of anilines is 2. The van der Waals surface area contributed by atoms with Crippen LogP contribution in [0.5, 0.6) is 5.75 Å². The van der Waals surface area contributed by atoms with E-state index in [0.717, 1.165) is 24.0 Å². The van der Waals surface area contributed by atoms with E-state index in [0.29, 0.717) is 36.7 Å². The van der Waals surface area contributed by atoms with Gasteiger partial charge in [0.1, 0.15) is 11.6 Å². The van der Waals surface area contributed by atoms with Crippen LogP contribution in [-0.2, 0) is 4.79 Å². The van der Waals surface area contributed by atoms with Crippen LogP contribution in [0.15, 0.2) is 48.3 Å². The Balaban J connectivity index is 1.55. The normalized spacial score (nSPS) is 16.7. The fourth-order valence-corrected chi connectivity index (χ4v) is 4.14. The van der Waals surface area contributed by atoms with Gasteiger partial charge in [0.2, 0.25) is 0 Å². The number of rotatable bonds is 8. The predicted octanol–water partition coefficient (Wildman–Crippen LogP) is 5.25. The van der Waals surface area contributed by atoms with Gasteiger partial charge < -0.3 is 20.1 Å². The quantitative estimate of drug-likeness (QED) is 0.572. The van der Waals surface area contributed by atoms with Crippen LogP contribution in [0.2, 0.25) is 0 Å². The van der Waals surface area contributed by atoms with Crippen LogP contribution in [0.4, 0.5) is 15.8 Å². The van der Waals surface area contributed by atoms with Crippen LogP contribution >= 0.6 is 0 Å². The number of ether oxygens (including phenoxy) is 1. The second-order valence-electron chi connectivity index (χ2n) is 8.89. The Morgan fingerprint density at radius 2 is 1.94 bits per heavy atom. The van der Waals surface area contributed by atoms with Crippen LogP contribution < -0.4 is 15.0 Å². The molecule has 1 heterocycles. The number of carboxylic acids is 1. The molecule has 2 N–H and O–H groups in total. The molecule has 174 valence electrons. The Bertz CT molecular complexity index is 1070. The van der Waals surface area contributed by atoms with E-state index in [2.05, 4.69) is 5.32 Å². The zero-order chi connectivity index (χ0) is 23.5. The number of benzene rings is 2. The number of carbonyl (C=O) groups excluding carboxylic acids is 1. The maximum atomic E-state index is 13.7. The summed E-state index contributed by atoms with van der Waals surface area (Å²) in [5, 5.41) is 12.5. The first-order valence-corrected chi connectivity index (χ1v) is 11.3. The molecule has 33 heavy (non-hydrogen) atoms. The summed E-state index contributed by atoms with van der Waals surface area (Å²) in [4.78, 5) is 26.9. The first-order chi connectivity index (χ1) is 15.8. The van der Waals surface area contributed by atoms with E-state index in [-0.39, 0.29) is 29.5 Å². The van der Waals surface area contributed by atoms with E-state index in [4.69, 9.17) is 4.74 Å². The van der Waals surface area contributed by atoms with Gasteiger partial charge in [-0.15, -0.1) is 0 Å². The Kier molecular flexibility index (Phi) is 6.67. The minimum atomic E-state index is -1.16. The van der Waals surface area contributed by atoms with Crippen molar-refractivity contribution < 1.29 is 23.8 Å². The lowest BCUT2D eigenvalue weighted by Gasteiger charge is -2.27. The lowest BCUT2D eigenvalue weighted by atomic mass is 10.1. The van der Waals surface area contributed by atoms with Gasteiger partial charge in [0.05, 0.1) is 17.8 Å². The third-order valence-electron chi connectivity index (χ3n) is 6.17. The molecule has 4 rings (SSSR count). The highest BCUT2D eigenvalue weighted by molar-refractivity contribution is 6.02. The van der Waals surface area contributed by atoms with Crippen LogP contribution in [-0.4, -0.2) is 36.2 Å². The molecule has 1 fully saturated rings. The first-order valence-electron chi connectivity index (χ1n) is 11.3. The van der Waals surface area contributed by atoms with Gasteiger partial charge >= 0.3 is 5.97 Å². The number of aryl methyl sites for hydroxylation is 2. The number of nitrogens with zero attached hydrogens (tertiary/aromatic N) is 1. The molecule has 0 unspecified atom stereocenters. The molecule has 1 amide bonds. The van der Waals surface area contributed by atoms with Crippen LogP contribution in [0, 0.1) is 19.8 Å². The number of hydrogen-bond acceptors (Lipinski definition) is 4. The molecule has 1 atom stereocenters. The summed E-state index contributed by atoms with van der Waals surface area (Å²) in [5.41, 5.74) is 2.67. The fourth-order valence-electron chi connectivity index (χ4n) is 4.14. The van der Waals surface area contributed by atoms with Gasteiger partial charge in [0, 0.05) is 12.2 Å². The van der Waals surface area contributed by atoms with Crippen LogP contribution in [0.3, 0.4) is 0 Å². The number of amides is 1. The first kappa shape index (κ1) is 22.8. The minimum Gasteiger partial charge on any atom is -0.480 e. The van der Waals surface area contributed by atoms with Crippen molar-refractivity contribution in [3.05, 3.63) is 65.0 Å². The van der Waals surface area contributed by atoms with Gasteiger partial charge in [0.25, 0.3) is 5.91 Å². The van der Waals surface area contributed by atoms with Gasteiger partial charge in [-0.2, -0.15) is 0 Å². The molecule has 1 aliphatic carbocycles. The highest BCUT2D eigenvalue weighted by Crippen LogP contribution is 2.36. The average Bonchev–Trinajstić information content (AvgIpc) is 3.60. The molecule has 0 bridgehead atoms. The summed E-state index contributed by atoms with van der Waals surface area (Å²) in [5.74, 6) is -0.635. The zero-order valence-corrected chi connectivity index (χ0v) is 18.9. The molecule has 0 spiro atoms. The lowest BCUT2D eigenvalue weighted by Crippen LogP contribution is -2.34. The van der Waals surface area contributed by atoms with Gasteiger partial charge in [-0.05, 0) is 68.0 Å². The Labute approximate surface area is 193 Å². The number of hydrogen-bond donors (Lipinski definition) is 2. The summed E-state index contributed by atoms with van der Waals surface area (Å²) >= 11 is 0. The monoisotopic (exact) mass is 452 g/mol. The standard InChI is InChI=1S/C26H29FN2O4/c1-16-5-3-6-17(2)24(16)33-23(13-18-8-9-18)25(30)28-22-11-10-20(14-21(22)26(31)32)29-12-4-7-19(27)15-29/h3,5-7,10-11,14,18,23H,4,8-9,12-13,15H2,1-2H3,(H,28,30)(H,31,32)/t23-/m0/s1. The summed E-state index contributed by atoms with van der Waals surface area (Å²) in [7, 11) is 0. The van der Waals surface area contributed by atoms with Crippen LogP contribution in [0.1, 0.15) is 47.2 Å². The third kappa shape index (κ3) is 5.53. The summed E-state index contributed by atoms with van der Waals surface area (Å²) < 4.78 is 19.9. The van der Waals surface area contributed by atoms with Crippen molar-refractivity contribution >= 4 is 23.3 Å². The predicted molar refractivity (Wildman–Crippen MR) is 126 cm³/mol. The molecular formula is C26H29FN2O4. The minimum absolute atomic E-state index is 0.0342. The second-order valence-corrected chi connectivity index (χ2v) is 8.89. The van der Waals surface area contributed by atoms with Crippen LogP contribution in [0.25, 0.3) is 0 Å². The Morgan fingerprint density at radius 3 is 2.58 bits per heavy atom. The van der Waals surface area contributed by atoms with Crippen molar-refractivity contribution in [3.8, 4) is 5.75 Å². The van der Waals surface area contributed by atoms with E-state index in [9.17, 15) is 19.1 Å². The van der Waals surface area contributed by atoms with Gasteiger partial charge in [-0.3, -0.25) is 4.79 Å². The highest BCUT2D eigenvalue weighted by atomic mass is 19.1. The summed E-state index contributed by atoms with van der Waals surface area (Å²) in [6.45, 7) is 4.59. The zero-order valence-electron chi connectivity index (χ0n) is 18.9. The molecule has 6 nitrogen and oxygen atoms in total. The van der Waals surface area contributed by atoms with Gasteiger partial charge in [0.15, 0.2) is 6.10 Å². The number of para-hydroxylation sites is 1. The van der Waals surface area contributed by atoms with Gasteiger partial charge in [-0.25, -0.2) is 9.18 Å². The molecule has 0 aromatic heterocycles. The molecule has 0 radical (unpaired) electrons. The van der Waals surface area contributed by atoms with E-state index in [1.165, 1.54) is 6.07 Å². The average molecular weight is 453 g/mol. The SMILES string of the molecule is Cc1cccc(C)c1O[C@@H](CC1CC1)C(=O)Nc1ccc(N2CCC=C(F)C2)cc1C(=O)O. The third-order valence-corrected chi connectivity index (χ3v) is 6.17. The largest absolute Gasteiger partial charge is 0.480 e. The highest BCUT2D eigenvalue weighted by Gasteiger charge is 2.32. The van der Waals surface area contributed by atoms with E-state index >= 15 is 0 Å². The van der Waals surface area contributed by atoms with Crippen molar-refractivity contribution in [2.45, 2.75) is 45.6 Å². The van der Waals surface area contributed by atoms with Crippen molar-refractivity contribution in [1.29, 1.82) is 0 Å². The lowest BCUT2D eigenvalue weighted by molar-refractivity contribution is -0.123. The smallest absolute Gasteiger partial charge is 0.337 e. The molecule has 2 aromatic rings. The number of carboxylic acid groups (broad SMARTS) is 1. The van der Waals surface area contributed by atoms with E-state index in [1.807, 2.05) is 32.0 Å². The van der Waals surface area contributed by atoms with Crippen molar-refractivity contribution in [2.24, 2.45) is 5.92 Å².